The fourth-order valence-electron chi connectivity index (χ4n) is 5.16. The molecule has 0 radical (unpaired) electrons. The summed E-state index contributed by atoms with van der Waals surface area (Å²) >= 11 is 6.28. The smallest absolute Gasteiger partial charge is 0.255 e. The maximum absolute atomic E-state index is 13.8. The van der Waals surface area contributed by atoms with Gasteiger partial charge in [0.05, 0.1) is 32.8 Å². The number of amides is 2. The SMILES string of the molecule is CCC1C[C@@H](S(=O)(=O)c2cc(C(=O)Nc3ccc(F)c(F)c3)ccc2Cl)C[C@H](C)[C@@]1(O)CC(=O)NCC(C)(C)O. The monoisotopic (exact) mass is 600 g/mol. The molecule has 3 rings (SSSR count). The first-order chi connectivity index (χ1) is 18.5. The zero-order valence-corrected chi connectivity index (χ0v) is 24.4. The Labute approximate surface area is 238 Å². The summed E-state index contributed by atoms with van der Waals surface area (Å²) in [5.74, 6) is -4.51. The van der Waals surface area contributed by atoms with Crippen molar-refractivity contribution in [3.05, 3.63) is 58.6 Å². The topological polar surface area (TPSA) is 133 Å². The minimum Gasteiger partial charge on any atom is -0.389 e. The molecular weight excluding hydrogens is 566 g/mol. The average Bonchev–Trinajstić information content (AvgIpc) is 2.86. The highest BCUT2D eigenvalue weighted by Crippen LogP contribution is 2.46. The standard InChI is InChI=1S/C28H35ClF2N2O6S/c1-5-18-12-20(10-16(2)28(18,37)14-25(34)32-15-27(3,4)36)40(38,39)24-11-17(6-8-21(24)29)26(35)33-19-7-9-22(30)23(31)13-19/h6-9,11,13,16,18,20,36-37H,5,10,12,14-15H2,1-4H3,(H,32,34)(H,33,35)/t16-,18?,20-,28-/m0/s1. The molecule has 1 aliphatic carbocycles. The summed E-state index contributed by atoms with van der Waals surface area (Å²) in [4.78, 5) is 25.1. The van der Waals surface area contributed by atoms with Crippen molar-refractivity contribution in [1.29, 1.82) is 0 Å². The van der Waals surface area contributed by atoms with E-state index in [4.69, 9.17) is 11.6 Å². The van der Waals surface area contributed by atoms with Crippen LogP contribution in [0.3, 0.4) is 0 Å². The maximum atomic E-state index is 13.8. The number of aliphatic hydroxyl groups is 2. The van der Waals surface area contributed by atoms with Crippen LogP contribution in [-0.2, 0) is 14.6 Å². The lowest BCUT2D eigenvalue weighted by Crippen LogP contribution is -2.54. The van der Waals surface area contributed by atoms with Crippen molar-refractivity contribution < 1.29 is 37.0 Å². The van der Waals surface area contributed by atoms with Crippen LogP contribution in [0.25, 0.3) is 0 Å². The van der Waals surface area contributed by atoms with E-state index in [9.17, 15) is 37.0 Å². The van der Waals surface area contributed by atoms with Crippen molar-refractivity contribution in [2.24, 2.45) is 11.8 Å². The summed E-state index contributed by atoms with van der Waals surface area (Å²) in [5.41, 5.74) is -2.65. The minimum absolute atomic E-state index is 0.00259. The molecule has 2 amide bonds. The fraction of sp³-hybridized carbons (Fsp3) is 0.500. The second-order valence-corrected chi connectivity index (χ2v) is 13.7. The van der Waals surface area contributed by atoms with Crippen molar-refractivity contribution in [3.63, 3.8) is 0 Å². The molecule has 2 aromatic rings. The summed E-state index contributed by atoms with van der Waals surface area (Å²) in [5, 5.41) is 25.4. The highest BCUT2D eigenvalue weighted by Gasteiger charge is 2.50. The first-order valence-corrected chi connectivity index (χ1v) is 14.9. The van der Waals surface area contributed by atoms with Gasteiger partial charge >= 0.3 is 0 Å². The van der Waals surface area contributed by atoms with Crippen LogP contribution in [0.2, 0.25) is 5.02 Å². The first-order valence-electron chi connectivity index (χ1n) is 13.0. The number of carbonyl (C=O) groups is 2. The van der Waals surface area contributed by atoms with Gasteiger partial charge in [-0.1, -0.05) is 31.9 Å². The third-order valence-electron chi connectivity index (χ3n) is 7.50. The Morgan fingerprint density at radius 2 is 1.80 bits per heavy atom. The summed E-state index contributed by atoms with van der Waals surface area (Å²) in [6.07, 6.45) is 0.293. The van der Waals surface area contributed by atoms with Gasteiger partial charge < -0.3 is 20.8 Å². The van der Waals surface area contributed by atoms with Crippen molar-refractivity contribution in [2.45, 2.75) is 74.7 Å². The number of benzene rings is 2. The lowest BCUT2D eigenvalue weighted by Gasteiger charge is -2.47. The Kier molecular flexibility index (Phi) is 9.66. The van der Waals surface area contributed by atoms with Gasteiger partial charge in [-0.2, -0.15) is 0 Å². The van der Waals surface area contributed by atoms with E-state index in [2.05, 4.69) is 10.6 Å². The second kappa shape index (κ2) is 12.1. The number of rotatable bonds is 9. The van der Waals surface area contributed by atoms with Gasteiger partial charge in [-0.15, -0.1) is 0 Å². The van der Waals surface area contributed by atoms with Gasteiger partial charge in [0, 0.05) is 23.9 Å². The van der Waals surface area contributed by atoms with Crippen LogP contribution in [0.4, 0.5) is 14.5 Å². The van der Waals surface area contributed by atoms with Gasteiger partial charge in [0.15, 0.2) is 21.5 Å². The highest BCUT2D eigenvalue weighted by atomic mass is 35.5. The predicted molar refractivity (Wildman–Crippen MR) is 148 cm³/mol. The van der Waals surface area contributed by atoms with Crippen LogP contribution in [0, 0.1) is 23.5 Å². The number of halogens is 3. The zero-order valence-electron chi connectivity index (χ0n) is 22.8. The van der Waals surface area contributed by atoms with Crippen LogP contribution in [0.5, 0.6) is 0 Å². The molecule has 0 aliphatic heterocycles. The molecule has 1 fully saturated rings. The normalized spacial score (nSPS) is 23.5. The van der Waals surface area contributed by atoms with Crippen molar-refractivity contribution in [2.75, 3.05) is 11.9 Å². The van der Waals surface area contributed by atoms with Gasteiger partial charge in [0.2, 0.25) is 5.91 Å². The third-order valence-corrected chi connectivity index (χ3v) is 10.2. The van der Waals surface area contributed by atoms with Crippen molar-refractivity contribution in [1.82, 2.24) is 5.32 Å². The maximum Gasteiger partial charge on any atom is 0.255 e. The van der Waals surface area contributed by atoms with E-state index < -0.39 is 61.6 Å². The van der Waals surface area contributed by atoms with Crippen LogP contribution in [0.1, 0.15) is 63.7 Å². The summed E-state index contributed by atoms with van der Waals surface area (Å²) in [7, 11) is -4.08. The van der Waals surface area contributed by atoms with Gasteiger partial charge in [-0.3, -0.25) is 9.59 Å². The van der Waals surface area contributed by atoms with E-state index in [1.165, 1.54) is 18.2 Å². The van der Waals surface area contributed by atoms with Gasteiger partial charge in [-0.05, 0) is 68.9 Å². The van der Waals surface area contributed by atoms with E-state index in [0.29, 0.717) is 6.42 Å². The predicted octanol–water partition coefficient (Wildman–Crippen LogP) is 4.48. The van der Waals surface area contributed by atoms with Crippen LogP contribution in [0.15, 0.2) is 41.3 Å². The molecule has 0 spiro atoms. The number of sulfone groups is 1. The molecule has 12 heteroatoms. The Hall–Kier alpha value is -2.60. The lowest BCUT2D eigenvalue weighted by atomic mass is 9.66. The van der Waals surface area contributed by atoms with Crippen LogP contribution < -0.4 is 10.6 Å². The fourth-order valence-corrected chi connectivity index (χ4v) is 7.62. The van der Waals surface area contributed by atoms with E-state index in [-0.39, 0.29) is 47.0 Å². The second-order valence-electron chi connectivity index (χ2n) is 11.1. The number of hydrogen-bond donors (Lipinski definition) is 4. The molecule has 1 unspecified atom stereocenters. The molecule has 4 atom stereocenters. The van der Waals surface area contributed by atoms with E-state index in [1.807, 2.05) is 6.92 Å². The van der Waals surface area contributed by atoms with Crippen molar-refractivity contribution in [3.8, 4) is 0 Å². The van der Waals surface area contributed by atoms with E-state index >= 15 is 0 Å². The highest BCUT2D eigenvalue weighted by molar-refractivity contribution is 7.92. The average molecular weight is 601 g/mol. The lowest BCUT2D eigenvalue weighted by molar-refractivity contribution is -0.138. The van der Waals surface area contributed by atoms with E-state index in [1.54, 1.807) is 20.8 Å². The number of nitrogens with one attached hydrogen (secondary N) is 2. The quantitative estimate of drug-likeness (QED) is 0.336. The largest absolute Gasteiger partial charge is 0.389 e. The molecule has 40 heavy (non-hydrogen) atoms. The Bertz CT molecular complexity index is 1380. The molecular formula is C28H35ClF2N2O6S. The molecule has 4 N–H and O–H groups in total. The molecule has 8 nitrogen and oxygen atoms in total. The number of carbonyl (C=O) groups excluding carboxylic acids is 2. The summed E-state index contributed by atoms with van der Waals surface area (Å²) < 4.78 is 54.3. The van der Waals surface area contributed by atoms with Crippen LogP contribution >= 0.6 is 11.6 Å². The molecule has 2 aromatic carbocycles. The van der Waals surface area contributed by atoms with Gasteiger partial charge in [0.25, 0.3) is 5.91 Å². The zero-order chi connectivity index (χ0) is 30.0. The minimum atomic E-state index is -4.08. The van der Waals surface area contributed by atoms with Gasteiger partial charge in [0.1, 0.15) is 0 Å². The Morgan fingerprint density at radius 1 is 1.12 bits per heavy atom. The van der Waals surface area contributed by atoms with Gasteiger partial charge in [-0.25, -0.2) is 17.2 Å². The van der Waals surface area contributed by atoms with Crippen molar-refractivity contribution >= 4 is 38.9 Å². The summed E-state index contributed by atoms with van der Waals surface area (Å²) in [6.45, 7) is 6.59. The number of anilines is 1. The molecule has 0 aromatic heterocycles. The third kappa shape index (κ3) is 7.18. The van der Waals surface area contributed by atoms with Crippen LogP contribution in [-0.4, -0.2) is 53.4 Å². The Morgan fingerprint density at radius 3 is 2.40 bits per heavy atom. The number of hydrogen-bond acceptors (Lipinski definition) is 6. The molecule has 0 saturated heterocycles. The Balaban J connectivity index is 1.83. The molecule has 1 saturated carbocycles. The first kappa shape index (κ1) is 31.9. The molecule has 220 valence electrons. The summed E-state index contributed by atoms with van der Waals surface area (Å²) in [6, 6.07) is 6.58. The molecule has 0 bridgehead atoms. The molecule has 1 aliphatic rings. The van der Waals surface area contributed by atoms with E-state index in [0.717, 1.165) is 18.2 Å². The molecule has 0 heterocycles.